The largest absolute Gasteiger partial charge is 0.383 e. The van der Waals surface area contributed by atoms with E-state index in [2.05, 4.69) is 9.97 Å². The monoisotopic (exact) mass is 281 g/mol. The van der Waals surface area contributed by atoms with Crippen LogP contribution < -0.4 is 5.73 Å². The highest BCUT2D eigenvalue weighted by molar-refractivity contribution is 5.84. The maximum absolute atomic E-state index is 13.8. The van der Waals surface area contributed by atoms with Gasteiger partial charge in [0.15, 0.2) is 11.5 Å². The third-order valence-corrected chi connectivity index (χ3v) is 3.64. The minimum Gasteiger partial charge on any atom is -0.383 e. The van der Waals surface area contributed by atoms with Crippen LogP contribution in [0.1, 0.15) is 0 Å². The van der Waals surface area contributed by atoms with Crippen molar-refractivity contribution in [3.63, 3.8) is 0 Å². The van der Waals surface area contributed by atoms with Gasteiger partial charge in [0.05, 0.1) is 17.4 Å². The topological polar surface area (TPSA) is 61.1 Å². The standard InChI is InChI=1S/C15H12FN5/c1-20-8-18-11-7-9(4-5-12(11)20)13-14(17)21-6-2-3-10(16)15(21)19-13/h2-8H,17H2,1H3. The molecule has 0 radical (unpaired) electrons. The van der Waals surface area contributed by atoms with E-state index in [0.29, 0.717) is 11.5 Å². The van der Waals surface area contributed by atoms with E-state index in [1.165, 1.54) is 6.07 Å². The number of aromatic nitrogens is 4. The van der Waals surface area contributed by atoms with Crippen molar-refractivity contribution in [2.75, 3.05) is 5.73 Å². The number of rotatable bonds is 1. The lowest BCUT2D eigenvalue weighted by atomic mass is 10.1. The fourth-order valence-electron chi connectivity index (χ4n) is 2.55. The fourth-order valence-corrected chi connectivity index (χ4v) is 2.55. The van der Waals surface area contributed by atoms with Gasteiger partial charge in [-0.1, -0.05) is 6.07 Å². The van der Waals surface area contributed by atoms with Crippen LogP contribution in [0.15, 0.2) is 42.9 Å². The van der Waals surface area contributed by atoms with Crippen molar-refractivity contribution in [1.29, 1.82) is 0 Å². The number of anilines is 1. The third kappa shape index (κ3) is 1.62. The number of pyridine rings is 1. The van der Waals surface area contributed by atoms with Crippen molar-refractivity contribution in [2.24, 2.45) is 7.05 Å². The molecule has 2 N–H and O–H groups in total. The first-order chi connectivity index (χ1) is 10.1. The van der Waals surface area contributed by atoms with E-state index >= 15 is 0 Å². The average molecular weight is 281 g/mol. The molecule has 6 heteroatoms. The Bertz CT molecular complexity index is 982. The van der Waals surface area contributed by atoms with Gasteiger partial charge in [-0.25, -0.2) is 14.4 Å². The first kappa shape index (κ1) is 11.9. The summed E-state index contributed by atoms with van der Waals surface area (Å²) < 4.78 is 17.3. The van der Waals surface area contributed by atoms with Gasteiger partial charge in [0.1, 0.15) is 11.5 Å². The zero-order chi connectivity index (χ0) is 14.6. The molecular weight excluding hydrogens is 269 g/mol. The first-order valence-electron chi connectivity index (χ1n) is 6.48. The SMILES string of the molecule is Cn1cnc2cc(-c3nc4c(F)cccn4c3N)ccc21. The van der Waals surface area contributed by atoms with Gasteiger partial charge in [-0.2, -0.15) is 0 Å². The highest BCUT2D eigenvalue weighted by Crippen LogP contribution is 2.29. The molecule has 104 valence electrons. The normalized spacial score (nSPS) is 11.5. The summed E-state index contributed by atoms with van der Waals surface area (Å²) in [7, 11) is 1.93. The molecule has 0 bridgehead atoms. The number of nitrogens with two attached hydrogens (primary N) is 1. The number of imidazole rings is 2. The molecule has 0 saturated heterocycles. The molecule has 0 aliphatic carbocycles. The van der Waals surface area contributed by atoms with Crippen LogP contribution in [-0.2, 0) is 7.05 Å². The van der Waals surface area contributed by atoms with E-state index in [-0.39, 0.29) is 5.65 Å². The van der Waals surface area contributed by atoms with Crippen molar-refractivity contribution < 1.29 is 4.39 Å². The Morgan fingerprint density at radius 1 is 1.24 bits per heavy atom. The molecule has 0 aliphatic rings. The Hall–Kier alpha value is -2.89. The van der Waals surface area contributed by atoms with Gasteiger partial charge in [0.25, 0.3) is 0 Å². The molecule has 0 fully saturated rings. The van der Waals surface area contributed by atoms with Crippen LogP contribution in [0.4, 0.5) is 10.2 Å². The van der Waals surface area contributed by atoms with Crippen molar-refractivity contribution in [3.05, 3.63) is 48.7 Å². The second-order valence-electron chi connectivity index (χ2n) is 4.95. The number of hydrogen-bond acceptors (Lipinski definition) is 3. The zero-order valence-corrected chi connectivity index (χ0v) is 11.3. The molecule has 0 saturated carbocycles. The number of hydrogen-bond donors (Lipinski definition) is 1. The van der Waals surface area contributed by atoms with Crippen molar-refractivity contribution in [3.8, 4) is 11.3 Å². The summed E-state index contributed by atoms with van der Waals surface area (Å²) in [5, 5.41) is 0. The van der Waals surface area contributed by atoms with E-state index < -0.39 is 5.82 Å². The molecule has 0 unspecified atom stereocenters. The van der Waals surface area contributed by atoms with Gasteiger partial charge in [-0.3, -0.25) is 4.40 Å². The second kappa shape index (κ2) is 4.05. The van der Waals surface area contributed by atoms with Gasteiger partial charge in [0, 0.05) is 18.8 Å². The number of aryl methyl sites for hydroxylation is 1. The second-order valence-corrected chi connectivity index (χ2v) is 4.95. The van der Waals surface area contributed by atoms with Gasteiger partial charge in [0.2, 0.25) is 0 Å². The molecule has 3 aromatic heterocycles. The molecule has 21 heavy (non-hydrogen) atoms. The van der Waals surface area contributed by atoms with E-state index in [1.54, 1.807) is 23.0 Å². The Kier molecular flexibility index (Phi) is 2.29. The lowest BCUT2D eigenvalue weighted by Crippen LogP contribution is -1.94. The summed E-state index contributed by atoms with van der Waals surface area (Å²) in [6.07, 6.45) is 3.45. The Balaban J connectivity index is 1.99. The molecule has 3 heterocycles. The number of nitrogens with zero attached hydrogens (tertiary/aromatic N) is 4. The third-order valence-electron chi connectivity index (χ3n) is 3.64. The minimum atomic E-state index is -0.394. The highest BCUT2D eigenvalue weighted by Gasteiger charge is 2.14. The predicted octanol–water partition coefficient (Wildman–Crippen LogP) is 2.61. The molecule has 1 aromatic carbocycles. The predicted molar refractivity (Wildman–Crippen MR) is 79.3 cm³/mol. The summed E-state index contributed by atoms with van der Waals surface area (Å²) in [4.78, 5) is 8.64. The van der Waals surface area contributed by atoms with Crippen LogP contribution in [-0.4, -0.2) is 18.9 Å². The van der Waals surface area contributed by atoms with E-state index in [9.17, 15) is 4.39 Å². The van der Waals surface area contributed by atoms with Crippen LogP contribution >= 0.6 is 0 Å². The number of nitrogen functional groups attached to an aromatic ring is 1. The fraction of sp³-hybridized carbons (Fsp3) is 0.0667. The zero-order valence-electron chi connectivity index (χ0n) is 11.3. The number of halogens is 1. The van der Waals surface area contributed by atoms with Crippen molar-refractivity contribution >= 4 is 22.5 Å². The lowest BCUT2D eigenvalue weighted by Gasteiger charge is -2.00. The molecule has 4 aromatic rings. The Morgan fingerprint density at radius 2 is 2.10 bits per heavy atom. The molecule has 0 amide bonds. The van der Waals surface area contributed by atoms with Crippen LogP contribution in [0, 0.1) is 5.82 Å². The maximum Gasteiger partial charge on any atom is 0.175 e. The van der Waals surface area contributed by atoms with Gasteiger partial charge in [-0.05, 0) is 24.3 Å². The highest BCUT2D eigenvalue weighted by atomic mass is 19.1. The molecular formula is C15H12FN5. The Labute approximate surface area is 119 Å². The molecule has 4 rings (SSSR count). The quantitative estimate of drug-likeness (QED) is 0.583. The van der Waals surface area contributed by atoms with Crippen molar-refractivity contribution in [2.45, 2.75) is 0 Å². The summed E-state index contributed by atoms with van der Waals surface area (Å²) in [6.45, 7) is 0. The number of benzene rings is 1. The average Bonchev–Trinajstić information content (AvgIpc) is 3.02. The van der Waals surface area contributed by atoms with Crippen LogP contribution in [0.2, 0.25) is 0 Å². The summed E-state index contributed by atoms with van der Waals surface area (Å²) in [5.74, 6) is 0.0224. The van der Waals surface area contributed by atoms with Crippen LogP contribution in [0.5, 0.6) is 0 Å². The summed E-state index contributed by atoms with van der Waals surface area (Å²) in [5.41, 5.74) is 9.58. The van der Waals surface area contributed by atoms with Crippen LogP contribution in [0.3, 0.4) is 0 Å². The van der Waals surface area contributed by atoms with E-state index in [4.69, 9.17) is 5.73 Å². The summed E-state index contributed by atoms with van der Waals surface area (Å²) in [6, 6.07) is 8.75. The van der Waals surface area contributed by atoms with E-state index in [1.807, 2.05) is 29.8 Å². The minimum absolute atomic E-state index is 0.228. The molecule has 0 atom stereocenters. The smallest absolute Gasteiger partial charge is 0.175 e. The van der Waals surface area contributed by atoms with Crippen LogP contribution in [0.25, 0.3) is 27.9 Å². The van der Waals surface area contributed by atoms with E-state index in [0.717, 1.165) is 16.6 Å². The first-order valence-corrected chi connectivity index (χ1v) is 6.48. The lowest BCUT2D eigenvalue weighted by molar-refractivity contribution is 0.630. The van der Waals surface area contributed by atoms with Gasteiger partial charge < -0.3 is 10.3 Å². The summed E-state index contributed by atoms with van der Waals surface area (Å²) >= 11 is 0. The maximum atomic E-state index is 13.8. The molecule has 5 nitrogen and oxygen atoms in total. The van der Waals surface area contributed by atoms with Crippen molar-refractivity contribution in [1.82, 2.24) is 18.9 Å². The molecule has 0 aliphatic heterocycles. The Morgan fingerprint density at radius 3 is 2.90 bits per heavy atom. The molecule has 0 spiro atoms. The number of fused-ring (bicyclic) bond motifs is 2. The van der Waals surface area contributed by atoms with Gasteiger partial charge in [-0.15, -0.1) is 0 Å². The van der Waals surface area contributed by atoms with Gasteiger partial charge >= 0.3 is 0 Å².